The maximum absolute atomic E-state index is 12.2. The number of rotatable bonds is 7. The molecule has 4 nitrogen and oxygen atoms in total. The average Bonchev–Trinajstić information content (AvgIpc) is 2.97. The van der Waals surface area contributed by atoms with Crippen molar-refractivity contribution in [1.82, 2.24) is 10.2 Å². The minimum Gasteiger partial charge on any atom is -0.465 e. The maximum Gasteiger partial charge on any atom is 0.326 e. The van der Waals surface area contributed by atoms with Crippen molar-refractivity contribution in [3.8, 4) is 0 Å². The van der Waals surface area contributed by atoms with Gasteiger partial charge in [-0.3, -0.25) is 4.79 Å². The first-order valence-corrected chi connectivity index (χ1v) is 8.23. The summed E-state index contributed by atoms with van der Waals surface area (Å²) in [7, 11) is 0. The molecule has 0 aromatic heterocycles. The molecule has 2 rings (SSSR count). The van der Waals surface area contributed by atoms with E-state index < -0.39 is 5.54 Å². The Morgan fingerprint density at radius 2 is 1.95 bits per heavy atom. The standard InChI is InChI=1S/C16H30N2O2/c1-4-17-16(3,15(19)20-5-2)9-10-18-11-13-7-6-8-14(13)12-18/h13-14,17H,4-12H2,1-3H3. The van der Waals surface area contributed by atoms with Crippen LogP contribution in [0.5, 0.6) is 0 Å². The lowest BCUT2D eigenvalue weighted by Crippen LogP contribution is -2.52. The van der Waals surface area contributed by atoms with Crippen molar-refractivity contribution >= 4 is 5.97 Å². The molecular formula is C16H30N2O2. The van der Waals surface area contributed by atoms with Crippen molar-refractivity contribution in [3.63, 3.8) is 0 Å². The number of likely N-dealkylation sites (tertiary alicyclic amines) is 1. The lowest BCUT2D eigenvalue weighted by Gasteiger charge is -2.30. The van der Waals surface area contributed by atoms with E-state index in [0.29, 0.717) is 6.61 Å². The van der Waals surface area contributed by atoms with Gasteiger partial charge in [0.25, 0.3) is 0 Å². The van der Waals surface area contributed by atoms with Crippen LogP contribution in [0.4, 0.5) is 0 Å². The van der Waals surface area contributed by atoms with Gasteiger partial charge in [0.15, 0.2) is 0 Å². The van der Waals surface area contributed by atoms with Gasteiger partial charge in [0.2, 0.25) is 0 Å². The second-order valence-corrected chi connectivity index (χ2v) is 6.54. The van der Waals surface area contributed by atoms with Crippen LogP contribution >= 0.6 is 0 Å². The summed E-state index contributed by atoms with van der Waals surface area (Å²) >= 11 is 0. The van der Waals surface area contributed by atoms with Crippen molar-refractivity contribution < 1.29 is 9.53 Å². The fraction of sp³-hybridized carbons (Fsp3) is 0.938. The highest BCUT2D eigenvalue weighted by atomic mass is 16.5. The summed E-state index contributed by atoms with van der Waals surface area (Å²) in [4.78, 5) is 14.7. The van der Waals surface area contributed by atoms with Gasteiger partial charge in [-0.05, 0) is 51.5 Å². The Balaban J connectivity index is 1.84. The Bertz CT molecular complexity index is 322. The molecular weight excluding hydrogens is 252 g/mol. The average molecular weight is 282 g/mol. The van der Waals surface area contributed by atoms with E-state index in [1.807, 2.05) is 20.8 Å². The molecule has 1 aliphatic carbocycles. The maximum atomic E-state index is 12.2. The fourth-order valence-electron chi connectivity index (χ4n) is 3.84. The molecule has 1 saturated heterocycles. The van der Waals surface area contributed by atoms with Crippen LogP contribution in [0.15, 0.2) is 0 Å². The predicted octanol–water partition coefficient (Wildman–Crippen LogP) is 2.04. The van der Waals surface area contributed by atoms with Crippen LogP contribution in [0.25, 0.3) is 0 Å². The van der Waals surface area contributed by atoms with Gasteiger partial charge in [0.1, 0.15) is 5.54 Å². The number of carbonyl (C=O) groups is 1. The molecule has 2 aliphatic rings. The van der Waals surface area contributed by atoms with E-state index in [2.05, 4.69) is 10.2 Å². The Hall–Kier alpha value is -0.610. The van der Waals surface area contributed by atoms with Crippen molar-refractivity contribution in [3.05, 3.63) is 0 Å². The van der Waals surface area contributed by atoms with Crippen molar-refractivity contribution in [2.75, 3.05) is 32.8 Å². The summed E-state index contributed by atoms with van der Waals surface area (Å²) < 4.78 is 5.23. The number of likely N-dealkylation sites (N-methyl/N-ethyl adjacent to an activating group) is 1. The highest BCUT2D eigenvalue weighted by Gasteiger charge is 2.38. The minimum atomic E-state index is -0.539. The zero-order chi connectivity index (χ0) is 14.6. The summed E-state index contributed by atoms with van der Waals surface area (Å²) in [5.41, 5.74) is -0.539. The molecule has 116 valence electrons. The Labute approximate surface area is 123 Å². The van der Waals surface area contributed by atoms with E-state index in [0.717, 1.165) is 31.3 Å². The summed E-state index contributed by atoms with van der Waals surface area (Å²) in [6.45, 7) is 10.6. The number of nitrogens with one attached hydrogen (secondary N) is 1. The first kappa shape index (κ1) is 15.8. The van der Waals surface area contributed by atoms with Gasteiger partial charge in [-0.1, -0.05) is 13.3 Å². The molecule has 0 bridgehead atoms. The van der Waals surface area contributed by atoms with E-state index in [1.54, 1.807) is 0 Å². The summed E-state index contributed by atoms with van der Waals surface area (Å²) in [5, 5.41) is 3.32. The molecule has 0 amide bonds. The molecule has 3 unspecified atom stereocenters. The molecule has 1 aliphatic heterocycles. The molecule has 1 heterocycles. The quantitative estimate of drug-likeness (QED) is 0.726. The molecule has 0 aromatic rings. The number of hydrogen-bond acceptors (Lipinski definition) is 4. The van der Waals surface area contributed by atoms with Gasteiger partial charge >= 0.3 is 5.97 Å². The molecule has 0 radical (unpaired) electrons. The number of ether oxygens (including phenoxy) is 1. The second-order valence-electron chi connectivity index (χ2n) is 6.54. The third kappa shape index (κ3) is 3.53. The summed E-state index contributed by atoms with van der Waals surface area (Å²) in [6, 6.07) is 0. The minimum absolute atomic E-state index is 0.110. The van der Waals surface area contributed by atoms with E-state index in [-0.39, 0.29) is 5.97 Å². The van der Waals surface area contributed by atoms with Crippen LogP contribution < -0.4 is 5.32 Å². The smallest absolute Gasteiger partial charge is 0.326 e. The number of fused-ring (bicyclic) bond motifs is 1. The normalized spacial score (nSPS) is 29.1. The summed E-state index contributed by atoms with van der Waals surface area (Å²) in [6.07, 6.45) is 5.06. The molecule has 2 fully saturated rings. The second kappa shape index (κ2) is 6.90. The molecule has 0 spiro atoms. The van der Waals surface area contributed by atoms with Crippen LogP contribution in [-0.2, 0) is 9.53 Å². The van der Waals surface area contributed by atoms with Crippen LogP contribution in [0.2, 0.25) is 0 Å². The SMILES string of the molecule is CCNC(C)(CCN1CC2CCCC2C1)C(=O)OCC. The van der Waals surface area contributed by atoms with Crippen molar-refractivity contribution in [1.29, 1.82) is 0 Å². The zero-order valence-electron chi connectivity index (χ0n) is 13.3. The number of nitrogens with zero attached hydrogens (tertiary/aromatic N) is 1. The van der Waals surface area contributed by atoms with Crippen LogP contribution in [0, 0.1) is 11.8 Å². The van der Waals surface area contributed by atoms with Crippen LogP contribution in [-0.4, -0.2) is 49.2 Å². The van der Waals surface area contributed by atoms with E-state index in [4.69, 9.17) is 4.74 Å². The Morgan fingerprint density at radius 3 is 2.50 bits per heavy atom. The molecule has 4 heteroatoms. The highest BCUT2D eigenvalue weighted by Crippen LogP contribution is 2.37. The highest BCUT2D eigenvalue weighted by molar-refractivity contribution is 5.80. The Morgan fingerprint density at radius 1 is 1.30 bits per heavy atom. The molecule has 3 atom stereocenters. The first-order chi connectivity index (χ1) is 9.59. The monoisotopic (exact) mass is 282 g/mol. The van der Waals surface area contributed by atoms with Gasteiger partial charge in [-0.15, -0.1) is 0 Å². The van der Waals surface area contributed by atoms with Crippen molar-refractivity contribution in [2.45, 2.75) is 52.0 Å². The number of carbonyl (C=O) groups excluding carboxylic acids is 1. The van der Waals surface area contributed by atoms with E-state index in [1.165, 1.54) is 32.4 Å². The van der Waals surface area contributed by atoms with E-state index >= 15 is 0 Å². The van der Waals surface area contributed by atoms with Gasteiger partial charge in [-0.2, -0.15) is 0 Å². The lowest BCUT2D eigenvalue weighted by atomic mass is 9.97. The first-order valence-electron chi connectivity index (χ1n) is 8.23. The Kier molecular flexibility index (Phi) is 5.44. The molecule has 1 N–H and O–H groups in total. The van der Waals surface area contributed by atoms with E-state index in [9.17, 15) is 4.79 Å². The largest absolute Gasteiger partial charge is 0.465 e. The molecule has 0 aromatic carbocycles. The summed E-state index contributed by atoms with van der Waals surface area (Å²) in [5.74, 6) is 1.73. The zero-order valence-corrected chi connectivity index (χ0v) is 13.3. The van der Waals surface area contributed by atoms with Gasteiger partial charge < -0.3 is 15.0 Å². The van der Waals surface area contributed by atoms with Crippen LogP contribution in [0.3, 0.4) is 0 Å². The molecule has 1 saturated carbocycles. The fourth-order valence-corrected chi connectivity index (χ4v) is 3.84. The van der Waals surface area contributed by atoms with Crippen LogP contribution in [0.1, 0.15) is 46.5 Å². The number of hydrogen-bond donors (Lipinski definition) is 1. The molecule has 20 heavy (non-hydrogen) atoms. The number of esters is 1. The van der Waals surface area contributed by atoms with Gasteiger partial charge in [0, 0.05) is 19.6 Å². The van der Waals surface area contributed by atoms with Gasteiger partial charge in [-0.25, -0.2) is 0 Å². The van der Waals surface area contributed by atoms with Gasteiger partial charge in [0.05, 0.1) is 6.61 Å². The third-order valence-electron chi connectivity index (χ3n) is 5.02. The predicted molar refractivity (Wildman–Crippen MR) is 80.6 cm³/mol. The lowest BCUT2D eigenvalue weighted by molar-refractivity contribution is -0.151. The third-order valence-corrected chi connectivity index (χ3v) is 5.02. The van der Waals surface area contributed by atoms with Crippen molar-refractivity contribution in [2.24, 2.45) is 11.8 Å². The topological polar surface area (TPSA) is 41.6 Å².